The van der Waals surface area contributed by atoms with Gasteiger partial charge in [-0.1, -0.05) is 19.9 Å². The summed E-state index contributed by atoms with van der Waals surface area (Å²) in [5.41, 5.74) is 2.82. The lowest BCUT2D eigenvalue weighted by Gasteiger charge is -2.13. The molecule has 0 atom stereocenters. The van der Waals surface area contributed by atoms with Gasteiger partial charge in [0.05, 0.1) is 6.54 Å². The second-order valence-corrected chi connectivity index (χ2v) is 7.16. The number of anilines is 1. The fraction of sp³-hybridized carbons (Fsp3) is 0.316. The van der Waals surface area contributed by atoms with E-state index in [1.165, 1.54) is 0 Å². The predicted octanol–water partition coefficient (Wildman–Crippen LogP) is 3.57. The lowest BCUT2D eigenvalue weighted by Crippen LogP contribution is -2.11. The maximum atomic E-state index is 10.1. The minimum Gasteiger partial charge on any atom is -0.508 e. The van der Waals surface area contributed by atoms with Crippen LogP contribution < -0.4 is 4.90 Å². The molecule has 0 unspecified atom stereocenters. The Hall–Kier alpha value is -2.54. The van der Waals surface area contributed by atoms with Gasteiger partial charge in [-0.15, -0.1) is 22.8 Å². The Labute approximate surface area is 158 Å². The van der Waals surface area contributed by atoms with Crippen LogP contribution in [0, 0.1) is 0 Å². The third kappa shape index (κ3) is 3.67. The summed E-state index contributed by atoms with van der Waals surface area (Å²) in [6.07, 6.45) is 1.85. The Bertz CT molecular complexity index is 903. The zero-order valence-electron chi connectivity index (χ0n) is 15.4. The summed E-state index contributed by atoms with van der Waals surface area (Å²) in [5.74, 6) is 2.13. The van der Waals surface area contributed by atoms with Crippen molar-refractivity contribution in [2.75, 3.05) is 19.0 Å². The fourth-order valence-corrected chi connectivity index (χ4v) is 2.98. The molecule has 0 saturated carbocycles. The number of hydrogen-bond donors (Lipinski definition) is 2. The molecule has 0 bridgehead atoms. The number of aromatic nitrogens is 4. The maximum absolute atomic E-state index is 10.1. The number of phenols is 1. The van der Waals surface area contributed by atoms with E-state index in [0.717, 1.165) is 22.5 Å². The molecule has 6 nitrogen and oxygen atoms in total. The van der Waals surface area contributed by atoms with Crippen LogP contribution in [0.4, 0.5) is 5.82 Å². The molecule has 2 heterocycles. The van der Waals surface area contributed by atoms with E-state index in [9.17, 15) is 5.11 Å². The lowest BCUT2D eigenvalue weighted by molar-refractivity contribution is 0.465. The van der Waals surface area contributed by atoms with Crippen molar-refractivity contribution in [1.82, 2.24) is 19.7 Å². The van der Waals surface area contributed by atoms with E-state index in [1.54, 1.807) is 6.07 Å². The van der Waals surface area contributed by atoms with Crippen molar-refractivity contribution < 1.29 is 5.11 Å². The summed E-state index contributed by atoms with van der Waals surface area (Å²) in [6, 6.07) is 9.53. The smallest absolute Gasteiger partial charge is 0.188 e. The van der Waals surface area contributed by atoms with Crippen LogP contribution in [0.2, 0.25) is 0 Å². The Morgan fingerprint density at radius 3 is 2.54 bits per heavy atom. The second-order valence-electron chi connectivity index (χ2n) is 6.76. The second kappa shape index (κ2) is 7.37. The van der Waals surface area contributed by atoms with E-state index in [-0.39, 0.29) is 5.92 Å². The van der Waals surface area contributed by atoms with Gasteiger partial charge in [0.25, 0.3) is 0 Å². The van der Waals surface area contributed by atoms with Gasteiger partial charge in [-0.25, -0.2) is 4.98 Å². The monoisotopic (exact) mass is 369 g/mol. The van der Waals surface area contributed by atoms with Crippen molar-refractivity contribution >= 4 is 18.4 Å². The van der Waals surface area contributed by atoms with Gasteiger partial charge in [-0.2, -0.15) is 0 Å². The Morgan fingerprint density at radius 1 is 1.15 bits per heavy atom. The summed E-state index contributed by atoms with van der Waals surface area (Å²) in [7, 11) is 3.92. The molecule has 0 amide bonds. The minimum atomic E-state index is 0.213. The van der Waals surface area contributed by atoms with E-state index in [0.29, 0.717) is 23.3 Å². The number of pyridine rings is 1. The topological polar surface area (TPSA) is 67.1 Å². The van der Waals surface area contributed by atoms with Crippen LogP contribution in [-0.2, 0) is 6.54 Å². The largest absolute Gasteiger partial charge is 0.508 e. The van der Waals surface area contributed by atoms with Gasteiger partial charge in [-0.3, -0.25) is 4.57 Å². The molecule has 0 saturated heterocycles. The highest BCUT2D eigenvalue weighted by Crippen LogP contribution is 2.31. The normalized spacial score (nSPS) is 11.2. The van der Waals surface area contributed by atoms with Crippen LogP contribution in [0.25, 0.3) is 11.4 Å². The molecule has 1 aromatic carbocycles. The first kappa shape index (κ1) is 18.3. The van der Waals surface area contributed by atoms with E-state index in [1.807, 2.05) is 67.9 Å². The molecule has 136 valence electrons. The summed E-state index contributed by atoms with van der Waals surface area (Å²) in [5, 5.41) is 19.0. The first-order chi connectivity index (χ1) is 12.4. The molecule has 0 aliphatic heterocycles. The predicted molar refractivity (Wildman–Crippen MR) is 106 cm³/mol. The first-order valence-electron chi connectivity index (χ1n) is 8.44. The third-order valence-electron chi connectivity index (χ3n) is 4.25. The quantitative estimate of drug-likeness (QED) is 0.673. The molecule has 3 aromatic rings. The van der Waals surface area contributed by atoms with E-state index in [4.69, 9.17) is 0 Å². The number of rotatable bonds is 5. The van der Waals surface area contributed by atoms with Gasteiger partial charge in [0.1, 0.15) is 11.6 Å². The molecule has 0 radical (unpaired) electrons. The van der Waals surface area contributed by atoms with Crippen molar-refractivity contribution in [2.24, 2.45) is 0 Å². The summed E-state index contributed by atoms with van der Waals surface area (Å²) < 4.78 is 1.94. The van der Waals surface area contributed by atoms with Crippen molar-refractivity contribution in [3.63, 3.8) is 0 Å². The van der Waals surface area contributed by atoms with Crippen molar-refractivity contribution in [1.29, 1.82) is 0 Å². The average molecular weight is 369 g/mol. The van der Waals surface area contributed by atoms with Gasteiger partial charge < -0.3 is 10.0 Å². The SMILES string of the molecule is CC(C)c1cc(-c2nnc(S)n2Cc2ccc(N(C)C)nc2)ccc1O. The van der Waals surface area contributed by atoms with Crippen LogP contribution >= 0.6 is 12.6 Å². The minimum absolute atomic E-state index is 0.213. The molecular weight excluding hydrogens is 346 g/mol. The summed E-state index contributed by atoms with van der Waals surface area (Å²) >= 11 is 4.45. The Kier molecular flexibility index (Phi) is 5.18. The zero-order valence-corrected chi connectivity index (χ0v) is 16.3. The average Bonchev–Trinajstić information content (AvgIpc) is 2.96. The van der Waals surface area contributed by atoms with Gasteiger partial charge in [0, 0.05) is 25.9 Å². The van der Waals surface area contributed by atoms with E-state index in [2.05, 4.69) is 27.8 Å². The summed E-state index contributed by atoms with van der Waals surface area (Å²) in [6.45, 7) is 4.66. The number of thiol groups is 1. The van der Waals surface area contributed by atoms with Crippen LogP contribution in [0.5, 0.6) is 5.75 Å². The molecule has 0 aliphatic carbocycles. The first-order valence-corrected chi connectivity index (χ1v) is 8.89. The third-order valence-corrected chi connectivity index (χ3v) is 4.58. The number of aromatic hydroxyl groups is 1. The van der Waals surface area contributed by atoms with Gasteiger partial charge in [0.15, 0.2) is 11.0 Å². The van der Waals surface area contributed by atoms with Gasteiger partial charge in [0.2, 0.25) is 0 Å². The maximum Gasteiger partial charge on any atom is 0.188 e. The Balaban J connectivity index is 1.96. The fourth-order valence-electron chi connectivity index (χ4n) is 2.77. The van der Waals surface area contributed by atoms with Crippen molar-refractivity contribution in [2.45, 2.75) is 31.5 Å². The number of nitrogens with zero attached hydrogens (tertiary/aromatic N) is 5. The summed E-state index contributed by atoms with van der Waals surface area (Å²) in [4.78, 5) is 6.41. The molecule has 26 heavy (non-hydrogen) atoms. The van der Waals surface area contributed by atoms with Crippen molar-refractivity contribution in [3.05, 3.63) is 47.7 Å². The molecule has 7 heteroatoms. The molecule has 0 fully saturated rings. The lowest BCUT2D eigenvalue weighted by atomic mass is 9.99. The van der Waals surface area contributed by atoms with Crippen LogP contribution in [0.1, 0.15) is 30.9 Å². The highest BCUT2D eigenvalue weighted by molar-refractivity contribution is 7.80. The number of hydrogen-bond acceptors (Lipinski definition) is 6. The Morgan fingerprint density at radius 2 is 1.92 bits per heavy atom. The highest BCUT2D eigenvalue weighted by atomic mass is 32.1. The molecule has 2 aromatic heterocycles. The van der Waals surface area contributed by atoms with Gasteiger partial charge >= 0.3 is 0 Å². The molecule has 0 spiro atoms. The standard InChI is InChI=1S/C19H23N5OS/c1-12(2)15-9-14(6-7-16(15)25)18-21-22-19(26)24(18)11-13-5-8-17(20-10-13)23(3)4/h5-10,12,25H,11H2,1-4H3,(H,22,26). The van der Waals surface area contributed by atoms with E-state index < -0.39 is 0 Å². The number of phenolic OH excluding ortho intramolecular Hbond substituents is 1. The molecule has 1 N–H and O–H groups in total. The molecular formula is C19H23N5OS. The van der Waals surface area contributed by atoms with Crippen LogP contribution in [0.3, 0.4) is 0 Å². The van der Waals surface area contributed by atoms with Crippen LogP contribution in [-0.4, -0.2) is 39.0 Å². The van der Waals surface area contributed by atoms with E-state index >= 15 is 0 Å². The zero-order chi connectivity index (χ0) is 18.8. The van der Waals surface area contributed by atoms with Gasteiger partial charge in [-0.05, 0) is 41.3 Å². The molecule has 0 aliphatic rings. The van der Waals surface area contributed by atoms with Crippen molar-refractivity contribution in [3.8, 4) is 17.1 Å². The van der Waals surface area contributed by atoms with Crippen LogP contribution in [0.15, 0.2) is 41.7 Å². The number of benzene rings is 1. The highest BCUT2D eigenvalue weighted by Gasteiger charge is 2.15. The molecule has 3 rings (SSSR count).